The quantitative estimate of drug-likeness (QED) is 0.836. The molecule has 0 heterocycles. The van der Waals surface area contributed by atoms with Gasteiger partial charge in [-0.15, -0.1) is 0 Å². The number of carbonyl (C=O) groups is 1. The Morgan fingerprint density at radius 1 is 1.47 bits per heavy atom. The smallest absolute Gasteiger partial charge is 0.304 e. The molecule has 1 rings (SSSR count). The number of nitrogens with zero attached hydrogens (tertiary/aromatic N) is 1. The third-order valence-corrected chi connectivity index (χ3v) is 2.81. The van der Waals surface area contributed by atoms with Gasteiger partial charge in [0.15, 0.2) is 0 Å². The summed E-state index contributed by atoms with van der Waals surface area (Å²) < 4.78 is 5.56. The van der Waals surface area contributed by atoms with Crippen LogP contribution in [0.5, 0.6) is 5.75 Å². The van der Waals surface area contributed by atoms with E-state index in [0.29, 0.717) is 23.9 Å². The number of hydrogen-bond acceptors (Lipinski definition) is 3. The third kappa shape index (κ3) is 5.94. The molecule has 0 bridgehead atoms. The van der Waals surface area contributed by atoms with Crippen LogP contribution < -0.4 is 4.74 Å². The second kappa shape index (κ2) is 7.36. The lowest BCUT2D eigenvalue weighted by Gasteiger charge is -2.17. The lowest BCUT2D eigenvalue weighted by Crippen LogP contribution is -2.21. The number of ether oxygens (including phenoxy) is 1. The van der Waals surface area contributed by atoms with Crippen LogP contribution in [-0.4, -0.2) is 35.7 Å². The lowest BCUT2D eigenvalue weighted by atomic mass is 10.2. The molecule has 0 saturated carbocycles. The SMILES string of the molecule is CC(C)Oc1ccc(CN(C)CCC(=O)O)cc1Cl. The summed E-state index contributed by atoms with van der Waals surface area (Å²) in [5, 5.41) is 9.21. The van der Waals surface area contributed by atoms with Gasteiger partial charge in [0.25, 0.3) is 0 Å². The first-order valence-electron chi connectivity index (χ1n) is 6.24. The summed E-state index contributed by atoms with van der Waals surface area (Å²) in [4.78, 5) is 12.4. The first-order valence-corrected chi connectivity index (χ1v) is 6.61. The van der Waals surface area contributed by atoms with Gasteiger partial charge in [-0.25, -0.2) is 0 Å². The summed E-state index contributed by atoms with van der Waals surface area (Å²) in [6, 6.07) is 5.65. The maximum absolute atomic E-state index is 10.5. The maximum atomic E-state index is 10.5. The van der Waals surface area contributed by atoms with Gasteiger partial charge in [-0.3, -0.25) is 4.79 Å². The molecule has 5 heteroatoms. The number of aliphatic carboxylic acids is 1. The predicted octanol–water partition coefficient (Wildman–Crippen LogP) is 3.03. The van der Waals surface area contributed by atoms with Crippen LogP contribution in [-0.2, 0) is 11.3 Å². The van der Waals surface area contributed by atoms with Crippen molar-refractivity contribution in [2.45, 2.75) is 32.9 Å². The molecule has 0 unspecified atom stereocenters. The van der Waals surface area contributed by atoms with Gasteiger partial charge in [0.05, 0.1) is 17.5 Å². The Morgan fingerprint density at radius 3 is 2.68 bits per heavy atom. The minimum absolute atomic E-state index is 0.0848. The van der Waals surface area contributed by atoms with Crippen LogP contribution in [0, 0.1) is 0 Å². The van der Waals surface area contributed by atoms with Gasteiger partial charge in [0.1, 0.15) is 5.75 Å². The Morgan fingerprint density at radius 2 is 2.16 bits per heavy atom. The molecular weight excluding hydrogens is 266 g/mol. The monoisotopic (exact) mass is 285 g/mol. The van der Waals surface area contributed by atoms with E-state index in [4.69, 9.17) is 21.4 Å². The van der Waals surface area contributed by atoms with Crippen molar-refractivity contribution >= 4 is 17.6 Å². The van der Waals surface area contributed by atoms with Crippen molar-refractivity contribution in [2.24, 2.45) is 0 Å². The van der Waals surface area contributed by atoms with Crippen LogP contribution in [0.25, 0.3) is 0 Å². The summed E-state index contributed by atoms with van der Waals surface area (Å²) in [5.74, 6) is -0.112. The van der Waals surface area contributed by atoms with Crippen molar-refractivity contribution in [1.29, 1.82) is 0 Å². The second-order valence-corrected chi connectivity index (χ2v) is 5.22. The molecule has 106 valence electrons. The summed E-state index contributed by atoms with van der Waals surface area (Å²) in [6.07, 6.45) is 0.222. The van der Waals surface area contributed by atoms with Crippen LogP contribution in [0.4, 0.5) is 0 Å². The van der Waals surface area contributed by atoms with E-state index in [9.17, 15) is 4.79 Å². The molecule has 0 fully saturated rings. The standard InChI is InChI=1S/C14H20ClNO3/c1-10(2)19-13-5-4-11(8-12(13)15)9-16(3)7-6-14(17)18/h4-5,8,10H,6-7,9H2,1-3H3,(H,17,18). The molecule has 1 N–H and O–H groups in total. The van der Waals surface area contributed by atoms with E-state index in [1.54, 1.807) is 0 Å². The summed E-state index contributed by atoms with van der Waals surface area (Å²) in [5.41, 5.74) is 1.04. The van der Waals surface area contributed by atoms with Gasteiger partial charge < -0.3 is 14.7 Å². The number of rotatable bonds is 7. The Labute approximate surface area is 118 Å². The predicted molar refractivity (Wildman–Crippen MR) is 75.8 cm³/mol. The fourth-order valence-electron chi connectivity index (χ4n) is 1.67. The average Bonchev–Trinajstić information content (AvgIpc) is 2.29. The van der Waals surface area contributed by atoms with Crippen LogP contribution in [0.1, 0.15) is 25.8 Å². The minimum Gasteiger partial charge on any atom is -0.489 e. The van der Waals surface area contributed by atoms with E-state index >= 15 is 0 Å². The van der Waals surface area contributed by atoms with E-state index in [-0.39, 0.29) is 12.5 Å². The molecule has 0 atom stereocenters. The molecule has 0 aliphatic heterocycles. The zero-order valence-electron chi connectivity index (χ0n) is 11.5. The molecule has 19 heavy (non-hydrogen) atoms. The van der Waals surface area contributed by atoms with Crippen LogP contribution in [0.3, 0.4) is 0 Å². The Bertz CT molecular complexity index is 435. The molecular formula is C14H20ClNO3. The Kier molecular flexibility index (Phi) is 6.12. The van der Waals surface area contributed by atoms with Crippen molar-refractivity contribution < 1.29 is 14.6 Å². The molecule has 1 aromatic carbocycles. The van der Waals surface area contributed by atoms with Crippen LogP contribution in [0.2, 0.25) is 5.02 Å². The zero-order valence-corrected chi connectivity index (χ0v) is 12.3. The first kappa shape index (κ1) is 15.8. The molecule has 0 saturated heterocycles. The zero-order chi connectivity index (χ0) is 14.4. The maximum Gasteiger partial charge on any atom is 0.304 e. The fraction of sp³-hybridized carbons (Fsp3) is 0.500. The summed E-state index contributed by atoms with van der Waals surface area (Å²) >= 11 is 6.15. The highest BCUT2D eigenvalue weighted by molar-refractivity contribution is 6.32. The summed E-state index contributed by atoms with van der Waals surface area (Å²) in [6.45, 7) is 5.07. The molecule has 4 nitrogen and oxygen atoms in total. The highest BCUT2D eigenvalue weighted by Crippen LogP contribution is 2.26. The Hall–Kier alpha value is -1.26. The van der Waals surface area contributed by atoms with E-state index in [1.807, 2.05) is 44.0 Å². The molecule has 0 aliphatic carbocycles. The first-order chi connectivity index (χ1) is 8.88. The number of carboxylic acid groups (broad SMARTS) is 1. The van der Waals surface area contributed by atoms with Gasteiger partial charge in [-0.05, 0) is 38.6 Å². The highest BCUT2D eigenvalue weighted by Gasteiger charge is 2.07. The number of hydrogen-bond donors (Lipinski definition) is 1. The topological polar surface area (TPSA) is 49.8 Å². The van der Waals surface area contributed by atoms with E-state index in [1.165, 1.54) is 0 Å². The van der Waals surface area contributed by atoms with Gasteiger partial charge in [0, 0.05) is 13.1 Å². The van der Waals surface area contributed by atoms with Crippen molar-refractivity contribution in [3.05, 3.63) is 28.8 Å². The van der Waals surface area contributed by atoms with E-state index in [0.717, 1.165) is 5.56 Å². The molecule has 0 radical (unpaired) electrons. The fourth-order valence-corrected chi connectivity index (χ4v) is 1.92. The van der Waals surface area contributed by atoms with Crippen LogP contribution in [0.15, 0.2) is 18.2 Å². The molecule has 0 aliphatic rings. The van der Waals surface area contributed by atoms with E-state index in [2.05, 4.69) is 0 Å². The molecule has 1 aromatic rings. The molecule has 0 spiro atoms. The van der Waals surface area contributed by atoms with Crippen molar-refractivity contribution in [2.75, 3.05) is 13.6 Å². The number of benzene rings is 1. The molecule has 0 amide bonds. The largest absolute Gasteiger partial charge is 0.489 e. The minimum atomic E-state index is -0.787. The van der Waals surface area contributed by atoms with Crippen LogP contribution >= 0.6 is 11.6 Å². The van der Waals surface area contributed by atoms with Crippen molar-refractivity contribution in [3.63, 3.8) is 0 Å². The summed E-state index contributed by atoms with van der Waals surface area (Å²) in [7, 11) is 1.88. The lowest BCUT2D eigenvalue weighted by molar-refractivity contribution is -0.137. The van der Waals surface area contributed by atoms with Crippen molar-refractivity contribution in [3.8, 4) is 5.75 Å². The number of carboxylic acids is 1. The van der Waals surface area contributed by atoms with Gasteiger partial charge >= 0.3 is 5.97 Å². The molecule has 0 aromatic heterocycles. The normalized spacial score (nSPS) is 11.1. The van der Waals surface area contributed by atoms with Gasteiger partial charge in [-0.2, -0.15) is 0 Å². The third-order valence-electron chi connectivity index (χ3n) is 2.52. The van der Waals surface area contributed by atoms with E-state index < -0.39 is 5.97 Å². The number of halogens is 1. The average molecular weight is 286 g/mol. The van der Waals surface area contributed by atoms with Gasteiger partial charge in [-0.1, -0.05) is 17.7 Å². The van der Waals surface area contributed by atoms with Gasteiger partial charge in [0.2, 0.25) is 0 Å². The highest BCUT2D eigenvalue weighted by atomic mass is 35.5. The van der Waals surface area contributed by atoms with Crippen molar-refractivity contribution in [1.82, 2.24) is 4.90 Å². The Balaban J connectivity index is 2.60. The second-order valence-electron chi connectivity index (χ2n) is 4.81.